The standard InChI is InChI=1S/C9H11N3O4/c1-9(2,8(13)14)11-7-6(12(15)16)4-3-5-10-7/h3-5H,1-2H3,(H,10,11)(H,13,14). The molecule has 0 bridgehead atoms. The average molecular weight is 225 g/mol. The number of hydrogen-bond acceptors (Lipinski definition) is 5. The van der Waals surface area contributed by atoms with E-state index in [2.05, 4.69) is 10.3 Å². The van der Waals surface area contributed by atoms with Crippen LogP contribution in [0.1, 0.15) is 13.8 Å². The summed E-state index contributed by atoms with van der Waals surface area (Å²) in [6, 6.07) is 2.67. The van der Waals surface area contributed by atoms with Gasteiger partial charge in [-0.25, -0.2) is 9.78 Å². The molecule has 7 heteroatoms. The van der Waals surface area contributed by atoms with Crippen LogP contribution in [0.25, 0.3) is 0 Å². The van der Waals surface area contributed by atoms with E-state index in [4.69, 9.17) is 5.11 Å². The second kappa shape index (κ2) is 4.13. The predicted octanol–water partition coefficient (Wildman–Crippen LogP) is 1.26. The lowest BCUT2D eigenvalue weighted by Gasteiger charge is -2.21. The minimum atomic E-state index is -1.32. The van der Waals surface area contributed by atoms with Crippen molar-refractivity contribution in [2.45, 2.75) is 19.4 Å². The second-order valence-electron chi connectivity index (χ2n) is 3.68. The molecule has 86 valence electrons. The van der Waals surface area contributed by atoms with Gasteiger partial charge in [0.15, 0.2) is 0 Å². The average Bonchev–Trinajstić information content (AvgIpc) is 2.17. The maximum absolute atomic E-state index is 10.8. The van der Waals surface area contributed by atoms with Crippen LogP contribution in [0.2, 0.25) is 0 Å². The molecule has 1 heterocycles. The first kappa shape index (κ1) is 11.9. The number of hydrogen-bond donors (Lipinski definition) is 2. The lowest BCUT2D eigenvalue weighted by molar-refractivity contribution is -0.384. The Morgan fingerprint density at radius 3 is 2.75 bits per heavy atom. The van der Waals surface area contributed by atoms with Gasteiger partial charge in [-0.15, -0.1) is 0 Å². The zero-order valence-corrected chi connectivity index (χ0v) is 8.80. The first-order chi connectivity index (χ1) is 7.34. The molecule has 0 unspecified atom stereocenters. The van der Waals surface area contributed by atoms with Crippen molar-refractivity contribution in [1.82, 2.24) is 4.98 Å². The summed E-state index contributed by atoms with van der Waals surface area (Å²) in [7, 11) is 0. The monoisotopic (exact) mass is 225 g/mol. The second-order valence-corrected chi connectivity index (χ2v) is 3.68. The van der Waals surface area contributed by atoms with Crippen molar-refractivity contribution in [3.8, 4) is 0 Å². The quantitative estimate of drug-likeness (QED) is 0.590. The van der Waals surface area contributed by atoms with Crippen molar-refractivity contribution in [2.24, 2.45) is 0 Å². The molecule has 0 amide bonds. The maximum Gasteiger partial charge on any atom is 0.328 e. The van der Waals surface area contributed by atoms with Crippen LogP contribution in [0.3, 0.4) is 0 Å². The van der Waals surface area contributed by atoms with E-state index in [0.29, 0.717) is 0 Å². The number of carboxylic acid groups (broad SMARTS) is 1. The third kappa shape index (κ3) is 2.44. The van der Waals surface area contributed by atoms with Crippen molar-refractivity contribution in [3.05, 3.63) is 28.4 Å². The van der Waals surface area contributed by atoms with Gasteiger partial charge in [0.25, 0.3) is 0 Å². The summed E-state index contributed by atoms with van der Waals surface area (Å²) < 4.78 is 0. The van der Waals surface area contributed by atoms with Crippen molar-refractivity contribution in [3.63, 3.8) is 0 Å². The lowest BCUT2D eigenvalue weighted by atomic mass is 10.1. The van der Waals surface area contributed by atoms with Crippen molar-refractivity contribution < 1.29 is 14.8 Å². The SMILES string of the molecule is CC(C)(Nc1ncccc1[N+](=O)[O-])C(=O)O. The lowest BCUT2D eigenvalue weighted by Crippen LogP contribution is -2.40. The molecule has 0 saturated carbocycles. The molecule has 1 aromatic heterocycles. The number of aromatic nitrogens is 1. The third-order valence-corrected chi connectivity index (χ3v) is 1.95. The van der Waals surface area contributed by atoms with Crippen LogP contribution in [0.15, 0.2) is 18.3 Å². The molecule has 7 nitrogen and oxygen atoms in total. The van der Waals surface area contributed by atoms with Crippen molar-refractivity contribution in [2.75, 3.05) is 5.32 Å². The molecule has 16 heavy (non-hydrogen) atoms. The summed E-state index contributed by atoms with van der Waals surface area (Å²) in [6.07, 6.45) is 1.35. The highest BCUT2D eigenvalue weighted by molar-refractivity contribution is 5.82. The third-order valence-electron chi connectivity index (χ3n) is 1.95. The van der Waals surface area contributed by atoms with Gasteiger partial charge >= 0.3 is 11.7 Å². The molecule has 1 rings (SSSR count). The van der Waals surface area contributed by atoms with Gasteiger partial charge in [0.05, 0.1) is 4.92 Å². The van der Waals surface area contributed by atoms with E-state index in [1.165, 1.54) is 32.2 Å². The van der Waals surface area contributed by atoms with Crippen LogP contribution in [0.5, 0.6) is 0 Å². The molecule has 0 atom stereocenters. The highest BCUT2D eigenvalue weighted by Crippen LogP contribution is 2.23. The molecule has 0 aliphatic heterocycles. The van der Waals surface area contributed by atoms with E-state index < -0.39 is 16.4 Å². The van der Waals surface area contributed by atoms with E-state index in [9.17, 15) is 14.9 Å². The summed E-state index contributed by atoms with van der Waals surface area (Å²) >= 11 is 0. The zero-order valence-electron chi connectivity index (χ0n) is 8.80. The van der Waals surface area contributed by atoms with E-state index in [-0.39, 0.29) is 11.5 Å². The van der Waals surface area contributed by atoms with Crippen LogP contribution in [0, 0.1) is 10.1 Å². The fourth-order valence-electron chi connectivity index (χ4n) is 0.990. The number of nitrogens with zero attached hydrogens (tertiary/aromatic N) is 2. The minimum Gasteiger partial charge on any atom is -0.480 e. The Kier molecular flexibility index (Phi) is 3.07. The molecule has 2 N–H and O–H groups in total. The van der Waals surface area contributed by atoms with Gasteiger partial charge in [-0.2, -0.15) is 0 Å². The number of carbonyl (C=O) groups is 1. The molecule has 0 fully saturated rings. The topological polar surface area (TPSA) is 105 Å². The van der Waals surface area contributed by atoms with Crippen LogP contribution in [0.4, 0.5) is 11.5 Å². The number of carboxylic acids is 1. The minimum absolute atomic E-state index is 0.0556. The summed E-state index contributed by atoms with van der Waals surface area (Å²) in [4.78, 5) is 24.6. The van der Waals surface area contributed by atoms with Gasteiger partial charge < -0.3 is 10.4 Å². The van der Waals surface area contributed by atoms with Gasteiger partial charge in [-0.05, 0) is 19.9 Å². The Balaban J connectivity index is 3.06. The molecule has 0 aliphatic carbocycles. The van der Waals surface area contributed by atoms with Crippen molar-refractivity contribution in [1.29, 1.82) is 0 Å². The number of aliphatic carboxylic acids is 1. The number of nitro groups is 1. The Morgan fingerprint density at radius 2 is 2.25 bits per heavy atom. The van der Waals surface area contributed by atoms with E-state index >= 15 is 0 Å². The Bertz CT molecular complexity index is 431. The van der Waals surface area contributed by atoms with Gasteiger partial charge in [-0.1, -0.05) is 0 Å². The molecule has 1 aromatic rings. The summed E-state index contributed by atoms with van der Waals surface area (Å²) in [5.74, 6) is -1.17. The molecular weight excluding hydrogens is 214 g/mol. The fourth-order valence-corrected chi connectivity index (χ4v) is 0.990. The highest BCUT2D eigenvalue weighted by Gasteiger charge is 2.30. The number of nitrogens with one attached hydrogen (secondary N) is 1. The largest absolute Gasteiger partial charge is 0.480 e. The van der Waals surface area contributed by atoms with Crippen molar-refractivity contribution >= 4 is 17.5 Å². The summed E-state index contributed by atoms with van der Waals surface area (Å²) in [5.41, 5.74) is -1.57. The van der Waals surface area contributed by atoms with Gasteiger partial charge in [0, 0.05) is 12.3 Å². The van der Waals surface area contributed by atoms with Gasteiger partial charge in [0.1, 0.15) is 5.54 Å². The predicted molar refractivity (Wildman–Crippen MR) is 56.2 cm³/mol. The van der Waals surface area contributed by atoms with Gasteiger partial charge in [-0.3, -0.25) is 10.1 Å². The van der Waals surface area contributed by atoms with Crippen LogP contribution in [-0.4, -0.2) is 26.5 Å². The molecule has 0 spiro atoms. The smallest absolute Gasteiger partial charge is 0.328 e. The fraction of sp³-hybridized carbons (Fsp3) is 0.333. The molecular formula is C9H11N3O4. The Hall–Kier alpha value is -2.18. The number of rotatable bonds is 4. The molecule has 0 aliphatic rings. The van der Waals surface area contributed by atoms with Crippen LogP contribution >= 0.6 is 0 Å². The summed E-state index contributed by atoms with van der Waals surface area (Å²) in [6.45, 7) is 2.79. The Labute approximate surface area is 91.3 Å². The first-order valence-corrected chi connectivity index (χ1v) is 4.45. The maximum atomic E-state index is 10.8. The first-order valence-electron chi connectivity index (χ1n) is 4.45. The highest BCUT2D eigenvalue weighted by atomic mass is 16.6. The number of pyridine rings is 1. The number of anilines is 1. The molecule has 0 aromatic carbocycles. The zero-order chi connectivity index (χ0) is 12.3. The molecule has 0 saturated heterocycles. The van der Waals surface area contributed by atoms with E-state index in [0.717, 1.165) is 0 Å². The summed E-state index contributed by atoms with van der Waals surface area (Å²) in [5, 5.41) is 22.0. The van der Waals surface area contributed by atoms with E-state index in [1.807, 2.05) is 0 Å². The molecule has 0 radical (unpaired) electrons. The van der Waals surface area contributed by atoms with E-state index in [1.54, 1.807) is 0 Å². The van der Waals surface area contributed by atoms with Crippen LogP contribution in [-0.2, 0) is 4.79 Å². The normalized spacial score (nSPS) is 10.9. The van der Waals surface area contributed by atoms with Gasteiger partial charge in [0.2, 0.25) is 5.82 Å². The Morgan fingerprint density at radius 1 is 1.62 bits per heavy atom. The van der Waals surface area contributed by atoms with Crippen LogP contribution < -0.4 is 5.32 Å².